The molecule has 3 nitrogen and oxygen atoms in total. The Morgan fingerprint density at radius 3 is 2.81 bits per heavy atom. The third kappa shape index (κ3) is 1.19. The zero-order valence-corrected chi connectivity index (χ0v) is 10.1. The second kappa shape index (κ2) is 3.17. The van der Waals surface area contributed by atoms with E-state index in [9.17, 15) is 9.59 Å². The first-order valence-electron chi connectivity index (χ1n) is 5.25. The summed E-state index contributed by atoms with van der Waals surface area (Å²) in [5, 5.41) is 2.87. The quantitative estimate of drug-likeness (QED) is 0.793. The summed E-state index contributed by atoms with van der Waals surface area (Å²) in [6, 6.07) is 5.73. The number of fused-ring (bicyclic) bond motifs is 2. The van der Waals surface area contributed by atoms with E-state index >= 15 is 0 Å². The summed E-state index contributed by atoms with van der Waals surface area (Å²) >= 11 is 3.41. The average molecular weight is 280 g/mol. The number of ketones is 1. The number of Topliss-reactive ketones (excluding diaryl/α,β-unsaturated/α-hetero) is 1. The number of halogens is 1. The Labute approximate surface area is 101 Å². The largest absolute Gasteiger partial charge is 0.325 e. The Balaban J connectivity index is 2.18. The van der Waals surface area contributed by atoms with Crippen molar-refractivity contribution in [3.8, 4) is 0 Å². The molecule has 0 saturated heterocycles. The summed E-state index contributed by atoms with van der Waals surface area (Å²) in [5.41, 5.74) is 1.23. The molecule has 1 saturated carbocycles. The monoisotopic (exact) mass is 279 g/mol. The fraction of sp³-hybridized carbons (Fsp3) is 0.333. The van der Waals surface area contributed by atoms with Crippen LogP contribution in [0.4, 0.5) is 5.69 Å². The van der Waals surface area contributed by atoms with Gasteiger partial charge in [-0.15, -0.1) is 0 Å². The molecule has 0 bridgehead atoms. The first-order valence-corrected chi connectivity index (χ1v) is 6.04. The van der Waals surface area contributed by atoms with Gasteiger partial charge in [-0.3, -0.25) is 9.59 Å². The maximum absolute atomic E-state index is 12.0. The average Bonchev–Trinajstić information content (AvgIpc) is 2.74. The van der Waals surface area contributed by atoms with Crippen molar-refractivity contribution in [2.24, 2.45) is 0 Å². The molecule has 2 aliphatic rings. The number of hydrogen-bond acceptors (Lipinski definition) is 2. The highest BCUT2D eigenvalue weighted by Crippen LogP contribution is 2.48. The first-order chi connectivity index (χ1) is 7.62. The fourth-order valence-corrected chi connectivity index (χ4v) is 3.04. The number of amides is 1. The van der Waals surface area contributed by atoms with Crippen LogP contribution in [0.25, 0.3) is 0 Å². The fourth-order valence-electron chi connectivity index (χ4n) is 2.68. The van der Waals surface area contributed by atoms with Gasteiger partial charge in [0.05, 0.1) is 5.41 Å². The van der Waals surface area contributed by atoms with E-state index in [0.29, 0.717) is 19.3 Å². The standard InChI is InChI=1S/C12H10BrNO2/c13-7-1-2-10-9(5-7)12(11(16)14-10)4-3-8(15)6-12/h1-2,5H,3-4,6H2,(H,14,16). The minimum absolute atomic E-state index is 0.0218. The molecule has 0 radical (unpaired) electrons. The number of rotatable bonds is 0. The van der Waals surface area contributed by atoms with Crippen LogP contribution in [0, 0.1) is 0 Å². The molecule has 1 N–H and O–H groups in total. The van der Waals surface area contributed by atoms with E-state index in [0.717, 1.165) is 15.7 Å². The lowest BCUT2D eigenvalue weighted by molar-refractivity contribution is -0.123. The molecule has 1 aliphatic heterocycles. The van der Waals surface area contributed by atoms with E-state index in [1.165, 1.54) is 0 Å². The Kier molecular flexibility index (Phi) is 1.98. The van der Waals surface area contributed by atoms with Gasteiger partial charge in [-0.1, -0.05) is 15.9 Å². The van der Waals surface area contributed by atoms with E-state index in [4.69, 9.17) is 0 Å². The molecule has 16 heavy (non-hydrogen) atoms. The van der Waals surface area contributed by atoms with Crippen molar-refractivity contribution >= 4 is 33.3 Å². The molecule has 1 atom stereocenters. The van der Waals surface area contributed by atoms with E-state index in [1.807, 2.05) is 18.2 Å². The third-order valence-electron chi connectivity index (χ3n) is 3.51. The van der Waals surface area contributed by atoms with E-state index < -0.39 is 5.41 Å². The van der Waals surface area contributed by atoms with Gasteiger partial charge in [0.15, 0.2) is 0 Å². The van der Waals surface area contributed by atoms with Crippen molar-refractivity contribution in [3.05, 3.63) is 28.2 Å². The lowest BCUT2D eigenvalue weighted by Gasteiger charge is -2.19. The number of anilines is 1. The van der Waals surface area contributed by atoms with Gasteiger partial charge < -0.3 is 5.32 Å². The third-order valence-corrected chi connectivity index (χ3v) is 4.00. The maximum atomic E-state index is 12.0. The number of carbonyl (C=O) groups excluding carboxylic acids is 2. The van der Waals surface area contributed by atoms with Crippen LogP contribution < -0.4 is 5.32 Å². The highest BCUT2D eigenvalue weighted by molar-refractivity contribution is 9.10. The normalized spacial score (nSPS) is 27.3. The highest BCUT2D eigenvalue weighted by Gasteiger charge is 2.51. The van der Waals surface area contributed by atoms with Gasteiger partial charge in [0.25, 0.3) is 0 Å². The molecule has 1 aromatic carbocycles. The van der Waals surface area contributed by atoms with Crippen LogP contribution in [0.3, 0.4) is 0 Å². The van der Waals surface area contributed by atoms with Gasteiger partial charge in [0.2, 0.25) is 5.91 Å². The molecule has 82 valence electrons. The topological polar surface area (TPSA) is 46.2 Å². The van der Waals surface area contributed by atoms with Crippen LogP contribution in [0.2, 0.25) is 0 Å². The molecule has 1 aliphatic carbocycles. The van der Waals surface area contributed by atoms with Crippen molar-refractivity contribution in [3.63, 3.8) is 0 Å². The van der Waals surface area contributed by atoms with Gasteiger partial charge in [0.1, 0.15) is 5.78 Å². The molecular weight excluding hydrogens is 270 g/mol. The zero-order chi connectivity index (χ0) is 11.3. The van der Waals surface area contributed by atoms with Crippen LogP contribution in [-0.2, 0) is 15.0 Å². The first kappa shape index (κ1) is 10.0. The molecule has 1 amide bonds. The predicted octanol–water partition coefficient (Wildman–Crippen LogP) is 2.39. The van der Waals surface area contributed by atoms with Crippen molar-refractivity contribution in [2.45, 2.75) is 24.7 Å². The van der Waals surface area contributed by atoms with Crippen molar-refractivity contribution in [2.75, 3.05) is 5.32 Å². The molecule has 1 unspecified atom stereocenters. The maximum Gasteiger partial charge on any atom is 0.235 e. The van der Waals surface area contributed by atoms with Crippen LogP contribution >= 0.6 is 15.9 Å². The smallest absolute Gasteiger partial charge is 0.235 e. The van der Waals surface area contributed by atoms with Gasteiger partial charge in [-0.25, -0.2) is 0 Å². The summed E-state index contributed by atoms with van der Waals surface area (Å²) < 4.78 is 0.946. The highest BCUT2D eigenvalue weighted by atomic mass is 79.9. The van der Waals surface area contributed by atoms with Gasteiger partial charge in [-0.2, -0.15) is 0 Å². The Hall–Kier alpha value is -1.16. The molecule has 1 fully saturated rings. The van der Waals surface area contributed by atoms with E-state index in [2.05, 4.69) is 21.2 Å². The summed E-state index contributed by atoms with van der Waals surface area (Å²) in [6.45, 7) is 0. The lowest BCUT2D eigenvalue weighted by atomic mass is 9.80. The van der Waals surface area contributed by atoms with Gasteiger partial charge in [0, 0.05) is 23.0 Å². The molecule has 1 heterocycles. The summed E-state index contributed by atoms with van der Waals surface area (Å²) in [5.74, 6) is 0.162. The zero-order valence-electron chi connectivity index (χ0n) is 8.55. The molecular formula is C12H10BrNO2. The van der Waals surface area contributed by atoms with Crippen LogP contribution in [0.5, 0.6) is 0 Å². The lowest BCUT2D eigenvalue weighted by Crippen LogP contribution is -2.31. The molecule has 1 spiro atoms. The number of benzene rings is 1. The second-order valence-corrected chi connectivity index (χ2v) is 5.36. The SMILES string of the molecule is O=C1CCC2(C1)C(=O)Nc1ccc(Br)cc12. The number of hydrogen-bond donors (Lipinski definition) is 1. The van der Waals surface area contributed by atoms with Crippen LogP contribution in [0.1, 0.15) is 24.8 Å². The van der Waals surface area contributed by atoms with E-state index in [1.54, 1.807) is 0 Å². The number of carbonyl (C=O) groups is 2. The Morgan fingerprint density at radius 1 is 1.31 bits per heavy atom. The molecule has 4 heteroatoms. The van der Waals surface area contributed by atoms with E-state index in [-0.39, 0.29) is 11.7 Å². The second-order valence-electron chi connectivity index (χ2n) is 4.44. The minimum Gasteiger partial charge on any atom is -0.325 e. The Bertz CT molecular complexity index is 512. The van der Waals surface area contributed by atoms with Crippen molar-refractivity contribution < 1.29 is 9.59 Å². The molecule has 1 aromatic rings. The number of nitrogens with one attached hydrogen (secondary N) is 1. The van der Waals surface area contributed by atoms with Crippen LogP contribution in [0.15, 0.2) is 22.7 Å². The predicted molar refractivity (Wildman–Crippen MR) is 63.3 cm³/mol. The van der Waals surface area contributed by atoms with Gasteiger partial charge >= 0.3 is 0 Å². The molecule has 3 rings (SSSR count). The van der Waals surface area contributed by atoms with Crippen molar-refractivity contribution in [1.82, 2.24) is 0 Å². The molecule has 0 aromatic heterocycles. The summed E-state index contributed by atoms with van der Waals surface area (Å²) in [4.78, 5) is 23.5. The van der Waals surface area contributed by atoms with Crippen molar-refractivity contribution in [1.29, 1.82) is 0 Å². The summed E-state index contributed by atoms with van der Waals surface area (Å²) in [6.07, 6.45) is 1.50. The Morgan fingerprint density at radius 2 is 2.12 bits per heavy atom. The van der Waals surface area contributed by atoms with Crippen LogP contribution in [-0.4, -0.2) is 11.7 Å². The van der Waals surface area contributed by atoms with Gasteiger partial charge in [-0.05, 0) is 30.2 Å². The summed E-state index contributed by atoms with van der Waals surface area (Å²) in [7, 11) is 0. The minimum atomic E-state index is -0.587.